The fourth-order valence-corrected chi connectivity index (χ4v) is 3.77. The van der Waals surface area contributed by atoms with Crippen molar-refractivity contribution in [3.8, 4) is 11.1 Å². The quantitative estimate of drug-likeness (QED) is 0.759. The molecular formula is C15H12FIN2O3. The van der Waals surface area contributed by atoms with E-state index in [1.165, 1.54) is 12.1 Å². The first-order chi connectivity index (χ1) is 10.5. The van der Waals surface area contributed by atoms with Gasteiger partial charge < -0.3 is 15.0 Å². The molecule has 114 valence electrons. The van der Waals surface area contributed by atoms with Gasteiger partial charge in [0.25, 0.3) is 5.91 Å². The highest BCUT2D eigenvalue weighted by Crippen LogP contribution is 2.33. The fourth-order valence-electron chi connectivity index (χ4n) is 2.65. The number of aromatic nitrogens is 1. The van der Waals surface area contributed by atoms with Crippen LogP contribution in [0.25, 0.3) is 11.1 Å². The smallest absolute Gasteiger partial charge is 0.305 e. The summed E-state index contributed by atoms with van der Waals surface area (Å²) in [5.74, 6) is -1.53. The van der Waals surface area contributed by atoms with Crippen LogP contribution in [-0.2, 0) is 4.79 Å². The van der Waals surface area contributed by atoms with Gasteiger partial charge in [-0.2, -0.15) is 0 Å². The molecule has 1 aromatic heterocycles. The number of benzene rings is 1. The molecule has 1 unspecified atom stereocenters. The van der Waals surface area contributed by atoms with E-state index >= 15 is 0 Å². The summed E-state index contributed by atoms with van der Waals surface area (Å²) < 4.78 is 15.9. The third-order valence-electron chi connectivity index (χ3n) is 3.62. The summed E-state index contributed by atoms with van der Waals surface area (Å²) in [6, 6.07) is 7.45. The Morgan fingerprint density at radius 1 is 1.45 bits per heavy atom. The molecule has 1 aliphatic rings. The number of aliphatic carboxylic acids is 1. The molecule has 0 fully saturated rings. The number of carboxylic acids is 1. The second-order valence-electron chi connectivity index (χ2n) is 5.08. The minimum Gasteiger partial charge on any atom is -0.481 e. The van der Waals surface area contributed by atoms with Crippen molar-refractivity contribution in [1.82, 2.24) is 9.88 Å². The zero-order chi connectivity index (χ0) is 15.9. The maximum Gasteiger partial charge on any atom is 0.305 e. The summed E-state index contributed by atoms with van der Waals surface area (Å²) in [6.07, 6.45) is -0.0828. The van der Waals surface area contributed by atoms with E-state index in [1.54, 1.807) is 22.8 Å². The second kappa shape index (κ2) is 5.71. The number of amides is 1. The average molecular weight is 414 g/mol. The van der Waals surface area contributed by atoms with Crippen molar-refractivity contribution >= 4 is 34.5 Å². The number of nitrogens with zero attached hydrogens (tertiary/aromatic N) is 1. The Morgan fingerprint density at radius 2 is 2.23 bits per heavy atom. The molecule has 1 aliphatic heterocycles. The lowest BCUT2D eigenvalue weighted by atomic mass is 10.1. The zero-order valence-electron chi connectivity index (χ0n) is 11.3. The lowest BCUT2D eigenvalue weighted by molar-refractivity contribution is -0.137. The first-order valence-corrected chi connectivity index (χ1v) is 7.72. The molecule has 0 spiro atoms. The van der Waals surface area contributed by atoms with Gasteiger partial charge in [0.15, 0.2) is 0 Å². The lowest BCUT2D eigenvalue weighted by Crippen LogP contribution is -2.40. The highest BCUT2D eigenvalue weighted by molar-refractivity contribution is 14.1. The van der Waals surface area contributed by atoms with Gasteiger partial charge in [0, 0.05) is 12.1 Å². The van der Waals surface area contributed by atoms with Crippen LogP contribution in [0.4, 0.5) is 4.39 Å². The largest absolute Gasteiger partial charge is 0.481 e. The van der Waals surface area contributed by atoms with Gasteiger partial charge in [-0.05, 0) is 46.4 Å². The Balaban J connectivity index is 2.12. The Morgan fingerprint density at radius 3 is 2.91 bits per heavy atom. The van der Waals surface area contributed by atoms with Gasteiger partial charge in [-0.1, -0.05) is 12.1 Å². The van der Waals surface area contributed by atoms with E-state index < -0.39 is 5.97 Å². The topological polar surface area (TPSA) is 71.3 Å². The standard InChI is InChI=1S/C15H12FIN2O3/c16-9-3-1-2-8(4-9)11-6-12-15(22)18-7-10(5-13(20)21)19(12)14(11)17/h1-4,6,10H,5,7H2,(H,18,22)(H,20,21). The third kappa shape index (κ3) is 2.60. The predicted molar refractivity (Wildman–Crippen MR) is 86.2 cm³/mol. The van der Waals surface area contributed by atoms with Crippen LogP contribution in [0.5, 0.6) is 0 Å². The van der Waals surface area contributed by atoms with Gasteiger partial charge in [0.05, 0.1) is 16.2 Å². The van der Waals surface area contributed by atoms with Crippen LogP contribution in [0.15, 0.2) is 30.3 Å². The zero-order valence-corrected chi connectivity index (χ0v) is 13.5. The van der Waals surface area contributed by atoms with Crippen molar-refractivity contribution in [3.63, 3.8) is 0 Å². The number of hydrogen-bond acceptors (Lipinski definition) is 2. The molecule has 1 atom stereocenters. The normalized spacial score (nSPS) is 17.0. The van der Waals surface area contributed by atoms with E-state index in [2.05, 4.69) is 27.9 Å². The molecule has 0 saturated carbocycles. The van der Waals surface area contributed by atoms with Crippen LogP contribution in [0.2, 0.25) is 0 Å². The van der Waals surface area contributed by atoms with E-state index in [9.17, 15) is 14.0 Å². The molecule has 22 heavy (non-hydrogen) atoms. The number of carboxylic acid groups (broad SMARTS) is 1. The summed E-state index contributed by atoms with van der Waals surface area (Å²) in [6.45, 7) is 0.269. The van der Waals surface area contributed by atoms with E-state index in [4.69, 9.17) is 5.11 Å². The van der Waals surface area contributed by atoms with Gasteiger partial charge in [-0.25, -0.2) is 4.39 Å². The van der Waals surface area contributed by atoms with E-state index in [0.29, 0.717) is 11.3 Å². The monoisotopic (exact) mass is 414 g/mol. The molecule has 2 heterocycles. The Kier molecular flexibility index (Phi) is 3.90. The molecule has 2 aromatic rings. The van der Waals surface area contributed by atoms with Gasteiger partial charge in [-0.15, -0.1) is 0 Å². The number of carbonyl (C=O) groups excluding carboxylic acids is 1. The molecule has 7 heteroatoms. The molecule has 5 nitrogen and oxygen atoms in total. The highest BCUT2D eigenvalue weighted by Gasteiger charge is 2.30. The highest BCUT2D eigenvalue weighted by atomic mass is 127. The Bertz CT molecular complexity index is 772. The molecule has 1 amide bonds. The molecule has 2 N–H and O–H groups in total. The van der Waals surface area contributed by atoms with Gasteiger partial charge in [-0.3, -0.25) is 9.59 Å². The number of carbonyl (C=O) groups is 2. The van der Waals surface area contributed by atoms with Crippen LogP contribution in [0.3, 0.4) is 0 Å². The summed E-state index contributed by atoms with van der Waals surface area (Å²) in [5.41, 5.74) is 1.79. The second-order valence-corrected chi connectivity index (χ2v) is 6.10. The van der Waals surface area contributed by atoms with Gasteiger partial charge in [0.2, 0.25) is 0 Å². The lowest BCUT2D eigenvalue weighted by Gasteiger charge is -2.26. The molecule has 0 saturated heterocycles. The molecule has 0 aliphatic carbocycles. The maximum absolute atomic E-state index is 13.4. The van der Waals surface area contributed by atoms with E-state index in [-0.39, 0.29) is 30.7 Å². The Hall–Kier alpha value is -1.90. The average Bonchev–Trinajstić information content (AvgIpc) is 2.81. The van der Waals surface area contributed by atoms with Crippen molar-refractivity contribution in [2.24, 2.45) is 0 Å². The predicted octanol–water partition coefficient (Wildman–Crippen LogP) is 2.66. The van der Waals surface area contributed by atoms with Crippen LogP contribution in [0, 0.1) is 9.52 Å². The SMILES string of the molecule is O=C(O)CC1CNC(=O)c2cc(-c3cccc(F)c3)c(I)n21. The van der Waals surface area contributed by atoms with Crippen molar-refractivity contribution < 1.29 is 19.1 Å². The number of fused-ring (bicyclic) bond motifs is 1. The van der Waals surface area contributed by atoms with Crippen molar-refractivity contribution in [2.75, 3.05) is 6.54 Å². The molecular weight excluding hydrogens is 402 g/mol. The minimum absolute atomic E-state index is 0.0828. The van der Waals surface area contributed by atoms with Crippen molar-refractivity contribution in [1.29, 1.82) is 0 Å². The molecule has 1 aromatic carbocycles. The minimum atomic E-state index is -0.927. The molecule has 0 radical (unpaired) electrons. The summed E-state index contributed by atoms with van der Waals surface area (Å²) >= 11 is 2.07. The number of nitrogens with one attached hydrogen (secondary N) is 1. The maximum atomic E-state index is 13.4. The number of rotatable bonds is 3. The van der Waals surface area contributed by atoms with Gasteiger partial charge in [0.1, 0.15) is 11.5 Å². The first-order valence-electron chi connectivity index (χ1n) is 6.64. The van der Waals surface area contributed by atoms with Crippen LogP contribution >= 0.6 is 22.6 Å². The van der Waals surface area contributed by atoms with Gasteiger partial charge >= 0.3 is 5.97 Å². The van der Waals surface area contributed by atoms with E-state index in [0.717, 1.165) is 9.26 Å². The van der Waals surface area contributed by atoms with Crippen LogP contribution < -0.4 is 5.32 Å². The first kappa shape index (κ1) is 15.0. The summed E-state index contributed by atoms with van der Waals surface area (Å²) in [5, 5.41) is 11.7. The van der Waals surface area contributed by atoms with E-state index in [1.807, 2.05) is 0 Å². The third-order valence-corrected chi connectivity index (χ3v) is 4.72. The van der Waals surface area contributed by atoms with Crippen LogP contribution in [0.1, 0.15) is 23.0 Å². The molecule has 0 bridgehead atoms. The Labute approximate surface area is 139 Å². The molecule has 3 rings (SSSR count). The summed E-state index contributed by atoms with van der Waals surface area (Å²) in [4.78, 5) is 23.0. The van der Waals surface area contributed by atoms with Crippen molar-refractivity contribution in [2.45, 2.75) is 12.5 Å². The van der Waals surface area contributed by atoms with Crippen LogP contribution in [-0.4, -0.2) is 28.1 Å². The summed E-state index contributed by atoms with van der Waals surface area (Å²) in [7, 11) is 0. The fraction of sp³-hybridized carbons (Fsp3) is 0.200. The van der Waals surface area contributed by atoms with Crippen molar-refractivity contribution in [3.05, 3.63) is 45.5 Å². The number of hydrogen-bond donors (Lipinski definition) is 2. The number of halogens is 2.